The number of aromatic nitrogens is 3. The normalized spacial score (nSPS) is 11.6. The van der Waals surface area contributed by atoms with Gasteiger partial charge in [-0.25, -0.2) is 0 Å². The number of rotatable bonds is 6. The average molecular weight is 412 g/mol. The highest BCUT2D eigenvalue weighted by Gasteiger charge is 2.21. The van der Waals surface area contributed by atoms with Crippen LogP contribution in [0.5, 0.6) is 0 Å². The fourth-order valence-electron chi connectivity index (χ4n) is 2.64. The number of amides is 1. The molecule has 142 valence electrons. The molecule has 1 amide bonds. The molecule has 0 saturated heterocycles. The van der Waals surface area contributed by atoms with E-state index in [1.165, 1.54) is 11.8 Å². The molecule has 0 aliphatic rings. The van der Waals surface area contributed by atoms with Crippen LogP contribution in [0.15, 0.2) is 53.7 Å². The van der Waals surface area contributed by atoms with Gasteiger partial charge in [0.2, 0.25) is 5.91 Å². The number of carbonyl (C=O) groups is 1. The zero-order chi connectivity index (χ0) is 20.1. The van der Waals surface area contributed by atoms with Crippen LogP contribution in [0.25, 0.3) is 11.4 Å². The van der Waals surface area contributed by atoms with Crippen molar-refractivity contribution >= 4 is 35.0 Å². The van der Waals surface area contributed by atoms with Crippen LogP contribution in [-0.4, -0.2) is 25.9 Å². The first-order valence-corrected chi connectivity index (χ1v) is 9.95. The maximum absolute atomic E-state index is 12.6. The Bertz CT molecular complexity index is 1040. The SMILES string of the molecule is CCn1c(S[C@@H](C)C(=O)Nc2ccccc2C#N)nnc1-c1cccc(Cl)c1. The van der Waals surface area contributed by atoms with E-state index in [0.29, 0.717) is 33.8 Å². The summed E-state index contributed by atoms with van der Waals surface area (Å²) in [7, 11) is 0. The first-order valence-electron chi connectivity index (χ1n) is 8.69. The number of thioether (sulfide) groups is 1. The third-order valence-electron chi connectivity index (χ3n) is 4.07. The predicted octanol–water partition coefficient (Wildman–Crippen LogP) is 4.61. The lowest BCUT2D eigenvalue weighted by atomic mass is 10.2. The highest BCUT2D eigenvalue weighted by molar-refractivity contribution is 8.00. The monoisotopic (exact) mass is 411 g/mol. The molecule has 0 aliphatic carbocycles. The number of nitrogens with one attached hydrogen (secondary N) is 1. The maximum atomic E-state index is 12.6. The Morgan fingerprint density at radius 2 is 2.07 bits per heavy atom. The van der Waals surface area contributed by atoms with Crippen LogP contribution in [0.2, 0.25) is 5.02 Å². The van der Waals surface area contributed by atoms with Crippen LogP contribution in [0.4, 0.5) is 5.69 Å². The third-order valence-corrected chi connectivity index (χ3v) is 5.39. The molecule has 0 bridgehead atoms. The first kappa shape index (κ1) is 19.9. The second-order valence-corrected chi connectivity index (χ2v) is 7.71. The Labute approximate surface area is 172 Å². The minimum Gasteiger partial charge on any atom is -0.324 e. The summed E-state index contributed by atoms with van der Waals surface area (Å²) in [4.78, 5) is 12.6. The summed E-state index contributed by atoms with van der Waals surface area (Å²) in [5.74, 6) is 0.498. The molecule has 1 aromatic heterocycles. The molecule has 8 heteroatoms. The van der Waals surface area contributed by atoms with Gasteiger partial charge in [0, 0.05) is 17.1 Å². The van der Waals surface area contributed by atoms with Gasteiger partial charge in [-0.05, 0) is 38.1 Å². The van der Waals surface area contributed by atoms with Crippen LogP contribution < -0.4 is 5.32 Å². The van der Waals surface area contributed by atoms with Crippen molar-refractivity contribution in [2.75, 3.05) is 5.32 Å². The van der Waals surface area contributed by atoms with E-state index >= 15 is 0 Å². The summed E-state index contributed by atoms with van der Waals surface area (Å²) in [5, 5.41) is 21.4. The van der Waals surface area contributed by atoms with E-state index in [4.69, 9.17) is 16.9 Å². The Balaban J connectivity index is 1.78. The number of anilines is 1. The smallest absolute Gasteiger partial charge is 0.237 e. The average Bonchev–Trinajstić information content (AvgIpc) is 3.10. The molecule has 6 nitrogen and oxygen atoms in total. The van der Waals surface area contributed by atoms with Gasteiger partial charge in [-0.3, -0.25) is 4.79 Å². The van der Waals surface area contributed by atoms with E-state index in [9.17, 15) is 4.79 Å². The summed E-state index contributed by atoms with van der Waals surface area (Å²) in [6, 6.07) is 16.4. The Morgan fingerprint density at radius 3 is 2.79 bits per heavy atom. The molecular formula is C20H18ClN5OS. The zero-order valence-electron chi connectivity index (χ0n) is 15.4. The molecule has 3 aromatic rings. The summed E-state index contributed by atoms with van der Waals surface area (Å²) in [6.45, 7) is 4.45. The minimum atomic E-state index is -0.423. The fraction of sp³-hybridized carbons (Fsp3) is 0.200. The minimum absolute atomic E-state index is 0.206. The molecule has 0 aliphatic heterocycles. The Morgan fingerprint density at radius 1 is 1.29 bits per heavy atom. The van der Waals surface area contributed by atoms with Crippen LogP contribution in [0, 0.1) is 11.3 Å². The summed E-state index contributed by atoms with van der Waals surface area (Å²) in [5.41, 5.74) is 1.79. The van der Waals surface area contributed by atoms with Gasteiger partial charge in [0.25, 0.3) is 0 Å². The van der Waals surface area contributed by atoms with Crippen LogP contribution in [0.3, 0.4) is 0 Å². The number of carbonyl (C=O) groups excluding carboxylic acids is 1. The molecular weight excluding hydrogens is 394 g/mol. The Kier molecular flexibility index (Phi) is 6.34. The number of hydrogen-bond donors (Lipinski definition) is 1. The van der Waals surface area contributed by atoms with E-state index < -0.39 is 5.25 Å². The predicted molar refractivity (Wildman–Crippen MR) is 111 cm³/mol. The number of nitriles is 1. The molecule has 0 spiro atoms. The summed E-state index contributed by atoms with van der Waals surface area (Å²) in [6.07, 6.45) is 0. The van der Waals surface area contributed by atoms with E-state index in [-0.39, 0.29) is 5.91 Å². The van der Waals surface area contributed by atoms with Crippen molar-refractivity contribution in [3.63, 3.8) is 0 Å². The lowest BCUT2D eigenvalue weighted by molar-refractivity contribution is -0.115. The molecule has 0 fully saturated rings. The van der Waals surface area contributed by atoms with E-state index in [0.717, 1.165) is 5.56 Å². The van der Waals surface area contributed by atoms with Gasteiger partial charge in [-0.15, -0.1) is 10.2 Å². The number of hydrogen-bond acceptors (Lipinski definition) is 5. The zero-order valence-corrected chi connectivity index (χ0v) is 17.0. The number of para-hydroxylation sites is 1. The standard InChI is InChI=1S/C20H18ClN5OS/c1-3-26-18(14-8-6-9-16(21)11-14)24-25-20(26)28-13(2)19(27)23-17-10-5-4-7-15(17)12-22/h4-11,13H,3H2,1-2H3,(H,23,27)/t13-/m0/s1. The van der Waals surface area contributed by atoms with Gasteiger partial charge in [-0.2, -0.15) is 5.26 Å². The molecule has 28 heavy (non-hydrogen) atoms. The first-order chi connectivity index (χ1) is 13.5. The molecule has 1 heterocycles. The summed E-state index contributed by atoms with van der Waals surface area (Å²) < 4.78 is 1.95. The molecule has 0 radical (unpaired) electrons. The third kappa shape index (κ3) is 4.35. The van der Waals surface area contributed by atoms with Crippen molar-refractivity contribution < 1.29 is 4.79 Å². The van der Waals surface area contributed by atoms with Gasteiger partial charge < -0.3 is 9.88 Å². The van der Waals surface area contributed by atoms with Crippen molar-refractivity contribution in [3.8, 4) is 17.5 Å². The molecule has 2 aromatic carbocycles. The second kappa shape index (κ2) is 8.91. The quantitative estimate of drug-likeness (QED) is 0.599. The second-order valence-electron chi connectivity index (χ2n) is 5.97. The number of benzene rings is 2. The summed E-state index contributed by atoms with van der Waals surface area (Å²) >= 11 is 7.40. The fourth-order valence-corrected chi connectivity index (χ4v) is 3.74. The molecule has 1 atom stereocenters. The van der Waals surface area contributed by atoms with Crippen molar-refractivity contribution in [3.05, 3.63) is 59.1 Å². The van der Waals surface area contributed by atoms with Crippen molar-refractivity contribution in [2.45, 2.75) is 30.8 Å². The number of halogens is 1. The van der Waals surface area contributed by atoms with Gasteiger partial charge >= 0.3 is 0 Å². The highest BCUT2D eigenvalue weighted by Crippen LogP contribution is 2.28. The number of nitrogens with zero attached hydrogens (tertiary/aromatic N) is 4. The largest absolute Gasteiger partial charge is 0.324 e. The molecule has 0 saturated carbocycles. The topological polar surface area (TPSA) is 83.6 Å². The van der Waals surface area contributed by atoms with Crippen molar-refractivity contribution in [2.24, 2.45) is 0 Å². The van der Waals surface area contributed by atoms with Crippen LogP contribution in [0.1, 0.15) is 19.4 Å². The van der Waals surface area contributed by atoms with Gasteiger partial charge in [0.1, 0.15) is 6.07 Å². The Hall–Kier alpha value is -2.82. The molecule has 1 N–H and O–H groups in total. The van der Waals surface area contributed by atoms with E-state index in [1.54, 1.807) is 37.3 Å². The van der Waals surface area contributed by atoms with Gasteiger partial charge in [0.05, 0.1) is 16.5 Å². The maximum Gasteiger partial charge on any atom is 0.237 e. The lowest BCUT2D eigenvalue weighted by Gasteiger charge is -2.13. The van der Waals surface area contributed by atoms with Crippen LogP contribution >= 0.6 is 23.4 Å². The van der Waals surface area contributed by atoms with Crippen molar-refractivity contribution in [1.29, 1.82) is 5.26 Å². The molecule has 3 rings (SSSR count). The molecule has 0 unspecified atom stereocenters. The highest BCUT2D eigenvalue weighted by atomic mass is 35.5. The van der Waals surface area contributed by atoms with Gasteiger partial charge in [0.15, 0.2) is 11.0 Å². The van der Waals surface area contributed by atoms with E-state index in [1.807, 2.05) is 29.7 Å². The van der Waals surface area contributed by atoms with Crippen molar-refractivity contribution in [1.82, 2.24) is 14.8 Å². The van der Waals surface area contributed by atoms with Gasteiger partial charge in [-0.1, -0.05) is 47.6 Å². The lowest BCUT2D eigenvalue weighted by Crippen LogP contribution is -2.23. The van der Waals surface area contributed by atoms with E-state index in [2.05, 4.69) is 21.6 Å². The van der Waals surface area contributed by atoms with Crippen LogP contribution in [-0.2, 0) is 11.3 Å².